The summed E-state index contributed by atoms with van der Waals surface area (Å²) in [5.41, 5.74) is -0.0694. The van der Waals surface area contributed by atoms with Gasteiger partial charge in [0.25, 0.3) is 0 Å². The number of aliphatic hydroxyl groups is 3. The monoisotopic (exact) mass is 503 g/mol. The first-order chi connectivity index (χ1) is 17.6. The molecule has 0 aliphatic heterocycles. The Morgan fingerprint density at radius 1 is 1.16 bits per heavy atom. The molecule has 0 unspecified atom stereocenters. The van der Waals surface area contributed by atoms with Gasteiger partial charge in [0, 0.05) is 12.1 Å². The molecule has 1 aromatic carbocycles. The van der Waals surface area contributed by atoms with Gasteiger partial charge in [-0.1, -0.05) is 68.5 Å². The Labute approximate surface area is 217 Å². The zero-order chi connectivity index (χ0) is 26.3. The number of Topliss-reactive ketones (excluding diaryl/α,β-unsaturated/α-hetero) is 1. The lowest BCUT2D eigenvalue weighted by molar-refractivity contribution is -0.175. The minimum atomic E-state index is -1.89. The van der Waals surface area contributed by atoms with Crippen LogP contribution < -0.4 is 0 Å². The zero-order valence-electron chi connectivity index (χ0n) is 22.0. The summed E-state index contributed by atoms with van der Waals surface area (Å²) < 4.78 is 1.62. The number of aliphatic hydroxyl groups excluding tert-OH is 2. The number of allylic oxidation sites excluding steroid dienone is 1. The fourth-order valence-electron chi connectivity index (χ4n) is 8.31. The summed E-state index contributed by atoms with van der Waals surface area (Å²) in [5.74, 6) is -0.187. The molecule has 2 fully saturated rings. The molecule has 1 aromatic heterocycles. The minimum absolute atomic E-state index is 0.0109. The molecule has 7 nitrogen and oxygen atoms in total. The molecule has 3 N–H and O–H groups in total. The standard InChI is InChI=1S/C30H37N3O4/c1-17-14-29-18(2)12-23-24(28(23,3)4)22(27(29)36)13-20(16-34)26(35)30(29,37)25(17)33-15-21(31-32-33)11-10-19-8-6-5-7-9-19/h5-9,13-15,18,22-26,34-35,37H,10-12,16H2,1-4H3/t18-,22+,23-,24+,25+,26-,29+,30-/m1/s1. The van der Waals surface area contributed by atoms with Gasteiger partial charge in [0.2, 0.25) is 0 Å². The molecule has 2 aromatic rings. The lowest BCUT2D eigenvalue weighted by Crippen LogP contribution is -2.63. The number of fused-ring (bicyclic) bond motifs is 3. The van der Waals surface area contributed by atoms with E-state index in [1.54, 1.807) is 10.8 Å². The molecular weight excluding hydrogens is 466 g/mol. The third kappa shape index (κ3) is 3.20. The number of aryl methyl sites for hydroxylation is 2. The lowest BCUT2D eigenvalue weighted by Gasteiger charge is -2.49. The van der Waals surface area contributed by atoms with Gasteiger partial charge in [-0.3, -0.25) is 4.79 Å². The highest BCUT2D eigenvalue weighted by Gasteiger charge is 2.76. The molecule has 1 heterocycles. The molecule has 4 aliphatic rings. The van der Waals surface area contributed by atoms with E-state index in [2.05, 4.69) is 36.3 Å². The second-order valence-electron chi connectivity index (χ2n) is 12.4. The third-order valence-corrected chi connectivity index (χ3v) is 10.3. The molecule has 2 bridgehead atoms. The summed E-state index contributed by atoms with van der Waals surface area (Å²) in [5, 5.41) is 43.5. The van der Waals surface area contributed by atoms with Crippen molar-refractivity contribution in [3.05, 3.63) is 71.1 Å². The van der Waals surface area contributed by atoms with E-state index < -0.39 is 35.7 Å². The molecule has 196 valence electrons. The van der Waals surface area contributed by atoms with Crippen molar-refractivity contribution in [2.45, 2.75) is 64.7 Å². The molecule has 6 rings (SSSR count). The quantitative estimate of drug-likeness (QED) is 0.541. The molecule has 8 atom stereocenters. The van der Waals surface area contributed by atoms with E-state index in [9.17, 15) is 20.1 Å². The summed E-state index contributed by atoms with van der Waals surface area (Å²) >= 11 is 0. The highest BCUT2D eigenvalue weighted by atomic mass is 16.3. The van der Waals surface area contributed by atoms with E-state index in [4.69, 9.17) is 0 Å². The van der Waals surface area contributed by atoms with Crippen LogP contribution in [0.5, 0.6) is 0 Å². The van der Waals surface area contributed by atoms with Crippen LogP contribution in [0, 0.1) is 34.5 Å². The smallest absolute Gasteiger partial charge is 0.153 e. The molecular formula is C30H37N3O4. The maximum Gasteiger partial charge on any atom is 0.153 e. The van der Waals surface area contributed by atoms with Crippen LogP contribution in [0.1, 0.15) is 51.4 Å². The van der Waals surface area contributed by atoms with E-state index in [1.807, 2.05) is 44.3 Å². The molecule has 0 amide bonds. The Hall–Kier alpha value is -2.61. The van der Waals surface area contributed by atoms with E-state index in [1.165, 1.54) is 5.56 Å². The average molecular weight is 504 g/mol. The van der Waals surface area contributed by atoms with Gasteiger partial charge in [-0.15, -0.1) is 5.10 Å². The maximum absolute atomic E-state index is 14.5. The molecule has 4 aliphatic carbocycles. The highest BCUT2D eigenvalue weighted by Crippen LogP contribution is 2.72. The van der Waals surface area contributed by atoms with Crippen molar-refractivity contribution in [2.75, 3.05) is 6.61 Å². The fraction of sp³-hybridized carbons (Fsp3) is 0.567. The van der Waals surface area contributed by atoms with Crippen LogP contribution in [0.2, 0.25) is 0 Å². The minimum Gasteiger partial charge on any atom is -0.392 e. The zero-order valence-corrected chi connectivity index (χ0v) is 22.0. The molecule has 37 heavy (non-hydrogen) atoms. The Bertz CT molecular complexity index is 1300. The molecule has 0 saturated heterocycles. The highest BCUT2D eigenvalue weighted by molar-refractivity contribution is 5.95. The molecule has 0 radical (unpaired) electrons. The molecule has 7 heteroatoms. The van der Waals surface area contributed by atoms with Gasteiger partial charge in [-0.25, -0.2) is 4.68 Å². The van der Waals surface area contributed by atoms with Gasteiger partial charge >= 0.3 is 0 Å². The van der Waals surface area contributed by atoms with Crippen molar-refractivity contribution in [1.82, 2.24) is 15.0 Å². The van der Waals surface area contributed by atoms with Gasteiger partial charge < -0.3 is 15.3 Å². The predicted molar refractivity (Wildman–Crippen MR) is 138 cm³/mol. The summed E-state index contributed by atoms with van der Waals surface area (Å²) in [6.07, 6.45) is 6.38. The van der Waals surface area contributed by atoms with Crippen LogP contribution in [-0.4, -0.2) is 54.4 Å². The second kappa shape index (κ2) is 8.19. The average Bonchev–Trinajstić information content (AvgIpc) is 3.15. The summed E-state index contributed by atoms with van der Waals surface area (Å²) in [4.78, 5) is 14.5. The first kappa shape index (κ1) is 24.7. The van der Waals surface area contributed by atoms with E-state index in [-0.39, 0.29) is 23.0 Å². The van der Waals surface area contributed by atoms with Crippen LogP contribution in [0.3, 0.4) is 0 Å². The topological polar surface area (TPSA) is 108 Å². The number of aromatic nitrogens is 3. The molecule has 2 saturated carbocycles. The number of carbonyl (C=O) groups is 1. The van der Waals surface area contributed by atoms with Crippen molar-refractivity contribution in [1.29, 1.82) is 0 Å². The maximum atomic E-state index is 14.5. The van der Waals surface area contributed by atoms with Gasteiger partial charge in [-0.05, 0) is 66.1 Å². The van der Waals surface area contributed by atoms with E-state index >= 15 is 0 Å². The van der Waals surface area contributed by atoms with Crippen molar-refractivity contribution in [3.63, 3.8) is 0 Å². The summed E-state index contributed by atoms with van der Waals surface area (Å²) in [6.45, 7) is 7.92. The Morgan fingerprint density at radius 3 is 2.59 bits per heavy atom. The SMILES string of the molecule is CC1=C[C@]23C(=O)[C@@H](C=C(CO)[C@@H](O)[C@]2(O)[C@H]1n1cc(CCc2ccccc2)nn1)[C@H]1[C@@H](C[C@H]3C)C1(C)C. The van der Waals surface area contributed by atoms with Crippen LogP contribution in [-0.2, 0) is 17.6 Å². The lowest BCUT2D eigenvalue weighted by atomic mass is 9.58. The van der Waals surface area contributed by atoms with E-state index in [0.717, 1.165) is 24.1 Å². The normalized spacial score (nSPS) is 39.7. The van der Waals surface area contributed by atoms with Crippen LogP contribution in [0.25, 0.3) is 0 Å². The van der Waals surface area contributed by atoms with Crippen molar-refractivity contribution >= 4 is 5.78 Å². The summed E-state index contributed by atoms with van der Waals surface area (Å²) in [7, 11) is 0. The van der Waals surface area contributed by atoms with E-state index in [0.29, 0.717) is 17.9 Å². The number of carbonyl (C=O) groups excluding carboxylic acids is 1. The summed E-state index contributed by atoms with van der Waals surface area (Å²) in [6, 6.07) is 9.39. The number of benzene rings is 1. The van der Waals surface area contributed by atoms with Gasteiger partial charge in [0.1, 0.15) is 17.7 Å². The first-order valence-corrected chi connectivity index (χ1v) is 13.5. The number of nitrogens with zero attached hydrogens (tertiary/aromatic N) is 3. The third-order valence-electron chi connectivity index (χ3n) is 10.3. The molecule has 1 spiro atoms. The number of hydrogen-bond acceptors (Lipinski definition) is 6. The van der Waals surface area contributed by atoms with Gasteiger partial charge in [-0.2, -0.15) is 0 Å². The fourth-order valence-corrected chi connectivity index (χ4v) is 8.31. The number of ketones is 1. The Balaban J connectivity index is 1.42. The van der Waals surface area contributed by atoms with Gasteiger partial charge in [0.05, 0.1) is 17.7 Å². The van der Waals surface area contributed by atoms with Crippen molar-refractivity contribution < 1.29 is 20.1 Å². The Morgan fingerprint density at radius 2 is 1.89 bits per heavy atom. The largest absolute Gasteiger partial charge is 0.392 e. The number of hydrogen-bond donors (Lipinski definition) is 3. The van der Waals surface area contributed by atoms with Crippen LogP contribution in [0.15, 0.2) is 59.8 Å². The van der Waals surface area contributed by atoms with Crippen molar-refractivity contribution in [3.8, 4) is 0 Å². The van der Waals surface area contributed by atoms with Crippen molar-refractivity contribution in [2.24, 2.45) is 34.5 Å². The van der Waals surface area contributed by atoms with Crippen LogP contribution >= 0.6 is 0 Å². The first-order valence-electron chi connectivity index (χ1n) is 13.5. The van der Waals surface area contributed by atoms with Crippen LogP contribution in [0.4, 0.5) is 0 Å². The predicted octanol–water partition coefficient (Wildman–Crippen LogP) is 3.07. The number of rotatable bonds is 5. The second-order valence-corrected chi connectivity index (χ2v) is 12.4. The Kier molecular flexibility index (Phi) is 5.47. The van der Waals surface area contributed by atoms with Gasteiger partial charge in [0.15, 0.2) is 5.78 Å².